The molecule has 2 aliphatic rings. The van der Waals surface area contributed by atoms with Crippen LogP contribution in [0, 0.1) is 11.8 Å². The molecule has 1 amide bonds. The predicted molar refractivity (Wildman–Crippen MR) is 79.0 cm³/mol. The molecule has 0 aromatic heterocycles. The average Bonchev–Trinajstić information content (AvgIpc) is 2.39. The topological polar surface area (TPSA) is 41.1 Å². The largest absolute Gasteiger partial charge is 0.356 e. The summed E-state index contributed by atoms with van der Waals surface area (Å²) in [5, 5.41) is 6.58. The van der Waals surface area contributed by atoms with Gasteiger partial charge in [0.1, 0.15) is 0 Å². The second-order valence-corrected chi connectivity index (χ2v) is 6.32. The van der Waals surface area contributed by atoms with E-state index in [0.717, 1.165) is 38.4 Å². The lowest BCUT2D eigenvalue weighted by Gasteiger charge is -2.23. The van der Waals surface area contributed by atoms with Crippen molar-refractivity contribution in [2.24, 2.45) is 11.8 Å². The van der Waals surface area contributed by atoms with E-state index in [-0.39, 0.29) is 0 Å². The number of hydrogen-bond acceptors (Lipinski definition) is 2. The minimum atomic E-state index is 0.299. The van der Waals surface area contributed by atoms with Crippen molar-refractivity contribution in [2.45, 2.75) is 64.2 Å². The van der Waals surface area contributed by atoms with Crippen molar-refractivity contribution >= 4 is 5.91 Å². The molecule has 1 aliphatic heterocycles. The second-order valence-electron chi connectivity index (χ2n) is 6.32. The van der Waals surface area contributed by atoms with Crippen LogP contribution in [0.3, 0.4) is 0 Å². The van der Waals surface area contributed by atoms with Crippen molar-refractivity contribution in [3.63, 3.8) is 0 Å². The number of nitrogens with one attached hydrogen (secondary N) is 2. The lowest BCUT2D eigenvalue weighted by Crippen LogP contribution is -2.34. The van der Waals surface area contributed by atoms with Crippen molar-refractivity contribution in [2.75, 3.05) is 19.6 Å². The number of carbonyl (C=O) groups is 1. The summed E-state index contributed by atoms with van der Waals surface area (Å²) in [7, 11) is 0. The van der Waals surface area contributed by atoms with Crippen LogP contribution in [0.2, 0.25) is 0 Å². The number of rotatable bonds is 4. The van der Waals surface area contributed by atoms with Gasteiger partial charge in [-0.05, 0) is 51.1 Å². The maximum atomic E-state index is 12.2. The Labute approximate surface area is 117 Å². The van der Waals surface area contributed by atoms with Crippen LogP contribution in [0.25, 0.3) is 0 Å². The third-order valence-corrected chi connectivity index (χ3v) is 4.79. The molecular formula is C16H30N2O. The summed E-state index contributed by atoms with van der Waals surface area (Å²) in [4.78, 5) is 12.2. The van der Waals surface area contributed by atoms with Gasteiger partial charge >= 0.3 is 0 Å². The number of piperidine rings is 1. The zero-order valence-corrected chi connectivity index (χ0v) is 12.3. The molecule has 3 heteroatoms. The summed E-state index contributed by atoms with van der Waals surface area (Å²) in [5.74, 6) is 1.45. The van der Waals surface area contributed by atoms with Gasteiger partial charge in [0.25, 0.3) is 0 Å². The maximum Gasteiger partial charge on any atom is 0.223 e. The highest BCUT2D eigenvalue weighted by molar-refractivity contribution is 5.78. The van der Waals surface area contributed by atoms with E-state index in [2.05, 4.69) is 10.6 Å². The van der Waals surface area contributed by atoms with Crippen molar-refractivity contribution < 1.29 is 4.79 Å². The van der Waals surface area contributed by atoms with Crippen molar-refractivity contribution in [3.05, 3.63) is 0 Å². The van der Waals surface area contributed by atoms with Gasteiger partial charge in [-0.15, -0.1) is 0 Å². The molecule has 0 unspecified atom stereocenters. The Morgan fingerprint density at radius 1 is 0.947 bits per heavy atom. The molecule has 2 fully saturated rings. The highest BCUT2D eigenvalue weighted by Gasteiger charge is 2.19. The normalized spacial score (nSPS) is 23.6. The molecule has 2 N–H and O–H groups in total. The van der Waals surface area contributed by atoms with Gasteiger partial charge in [-0.25, -0.2) is 0 Å². The van der Waals surface area contributed by atoms with Crippen LogP contribution in [0.15, 0.2) is 0 Å². The fraction of sp³-hybridized carbons (Fsp3) is 0.938. The van der Waals surface area contributed by atoms with E-state index in [1.54, 1.807) is 0 Å². The van der Waals surface area contributed by atoms with E-state index in [9.17, 15) is 4.79 Å². The van der Waals surface area contributed by atoms with E-state index in [1.165, 1.54) is 51.4 Å². The van der Waals surface area contributed by atoms with Gasteiger partial charge < -0.3 is 10.6 Å². The molecule has 0 spiro atoms. The molecular weight excluding hydrogens is 236 g/mol. The zero-order chi connectivity index (χ0) is 13.3. The SMILES string of the molecule is O=C(NCCC1CCNCC1)C1CCCCCCC1. The highest BCUT2D eigenvalue weighted by Crippen LogP contribution is 2.22. The third kappa shape index (κ3) is 5.52. The van der Waals surface area contributed by atoms with Crippen LogP contribution >= 0.6 is 0 Å². The Morgan fingerprint density at radius 3 is 2.26 bits per heavy atom. The van der Waals surface area contributed by atoms with Gasteiger partial charge in [0.05, 0.1) is 0 Å². The first-order valence-corrected chi connectivity index (χ1v) is 8.34. The molecule has 3 nitrogen and oxygen atoms in total. The van der Waals surface area contributed by atoms with Gasteiger partial charge in [0.2, 0.25) is 5.91 Å². The fourth-order valence-corrected chi connectivity index (χ4v) is 3.43. The van der Waals surface area contributed by atoms with Crippen LogP contribution in [-0.4, -0.2) is 25.5 Å². The maximum absolute atomic E-state index is 12.2. The average molecular weight is 266 g/mol. The second kappa shape index (κ2) is 8.57. The smallest absolute Gasteiger partial charge is 0.223 e. The van der Waals surface area contributed by atoms with Crippen molar-refractivity contribution in [1.82, 2.24) is 10.6 Å². The van der Waals surface area contributed by atoms with Gasteiger partial charge in [-0.3, -0.25) is 4.79 Å². The van der Waals surface area contributed by atoms with Crippen molar-refractivity contribution in [3.8, 4) is 0 Å². The minimum Gasteiger partial charge on any atom is -0.356 e. The Kier molecular flexibility index (Phi) is 6.69. The summed E-state index contributed by atoms with van der Waals surface area (Å²) in [5.41, 5.74) is 0. The monoisotopic (exact) mass is 266 g/mol. The molecule has 0 atom stereocenters. The van der Waals surface area contributed by atoms with E-state index in [0.29, 0.717) is 11.8 Å². The van der Waals surface area contributed by atoms with Crippen LogP contribution in [-0.2, 0) is 4.79 Å². The van der Waals surface area contributed by atoms with Crippen molar-refractivity contribution in [1.29, 1.82) is 0 Å². The standard InChI is InChI=1S/C16H30N2O/c19-16(15-6-4-2-1-3-5-7-15)18-13-10-14-8-11-17-12-9-14/h14-15,17H,1-13H2,(H,18,19). The third-order valence-electron chi connectivity index (χ3n) is 4.79. The van der Waals surface area contributed by atoms with Gasteiger partial charge in [-0.2, -0.15) is 0 Å². The summed E-state index contributed by atoms with van der Waals surface area (Å²) < 4.78 is 0. The van der Waals surface area contributed by atoms with E-state index < -0.39 is 0 Å². The summed E-state index contributed by atoms with van der Waals surface area (Å²) in [6.45, 7) is 3.20. The first kappa shape index (κ1) is 14.8. The molecule has 110 valence electrons. The molecule has 0 aromatic carbocycles. The van der Waals surface area contributed by atoms with Crippen LogP contribution in [0.5, 0.6) is 0 Å². The Morgan fingerprint density at radius 2 is 1.58 bits per heavy atom. The zero-order valence-electron chi connectivity index (χ0n) is 12.3. The summed E-state index contributed by atoms with van der Waals surface area (Å²) in [6.07, 6.45) is 12.4. The predicted octanol–water partition coefficient (Wildman–Crippen LogP) is 2.85. The summed E-state index contributed by atoms with van der Waals surface area (Å²) >= 11 is 0. The number of carbonyl (C=O) groups excluding carboxylic acids is 1. The first-order chi connectivity index (χ1) is 9.36. The molecule has 0 bridgehead atoms. The molecule has 2 rings (SSSR count). The quantitative estimate of drug-likeness (QED) is 0.821. The van der Waals surface area contributed by atoms with Crippen LogP contribution in [0.4, 0.5) is 0 Å². The molecule has 19 heavy (non-hydrogen) atoms. The van der Waals surface area contributed by atoms with Gasteiger partial charge in [-0.1, -0.05) is 32.1 Å². The molecule has 1 saturated heterocycles. The molecule has 0 aromatic rings. The van der Waals surface area contributed by atoms with E-state index >= 15 is 0 Å². The Balaban J connectivity index is 1.62. The molecule has 0 radical (unpaired) electrons. The van der Waals surface area contributed by atoms with Gasteiger partial charge in [0, 0.05) is 12.5 Å². The van der Waals surface area contributed by atoms with Crippen LogP contribution in [0.1, 0.15) is 64.2 Å². The van der Waals surface area contributed by atoms with Gasteiger partial charge in [0.15, 0.2) is 0 Å². The number of hydrogen-bond donors (Lipinski definition) is 2. The lowest BCUT2D eigenvalue weighted by molar-refractivity contribution is -0.125. The molecule has 1 heterocycles. The molecule has 1 aliphatic carbocycles. The number of amides is 1. The van der Waals surface area contributed by atoms with E-state index in [1.807, 2.05) is 0 Å². The molecule has 1 saturated carbocycles. The highest BCUT2D eigenvalue weighted by atomic mass is 16.1. The summed E-state index contributed by atoms with van der Waals surface area (Å²) in [6, 6.07) is 0. The minimum absolute atomic E-state index is 0.299. The first-order valence-electron chi connectivity index (χ1n) is 8.34. The Hall–Kier alpha value is -0.570. The van der Waals surface area contributed by atoms with Crippen LogP contribution < -0.4 is 10.6 Å². The Bertz CT molecular complexity index is 253. The lowest BCUT2D eigenvalue weighted by atomic mass is 9.90. The fourth-order valence-electron chi connectivity index (χ4n) is 3.43. The van der Waals surface area contributed by atoms with E-state index in [4.69, 9.17) is 0 Å².